The largest absolute Gasteiger partial charge is 0.338 e. The van der Waals surface area contributed by atoms with E-state index in [1.807, 2.05) is 0 Å². The van der Waals surface area contributed by atoms with Crippen LogP contribution in [0.1, 0.15) is 45.3 Å². The van der Waals surface area contributed by atoms with E-state index in [9.17, 15) is 0 Å². The van der Waals surface area contributed by atoms with Gasteiger partial charge in [-0.25, -0.2) is 0 Å². The molecule has 5 nitrogen and oxygen atoms in total. The van der Waals surface area contributed by atoms with Crippen LogP contribution in [-0.4, -0.2) is 40.7 Å². The standard InChI is InChI=1S/C14H26N4O/c1-4-18(9-12-6-5-7-15-12)10-14-16-13(17-19-14)8-11(2)3/h11-12,15H,4-10H2,1-3H3. The zero-order valence-electron chi connectivity index (χ0n) is 12.4. The van der Waals surface area contributed by atoms with Crippen LogP contribution in [0.25, 0.3) is 0 Å². The topological polar surface area (TPSA) is 54.2 Å². The van der Waals surface area contributed by atoms with E-state index in [0.29, 0.717) is 12.0 Å². The van der Waals surface area contributed by atoms with Gasteiger partial charge in [0.05, 0.1) is 6.54 Å². The van der Waals surface area contributed by atoms with Gasteiger partial charge in [0.1, 0.15) is 0 Å². The fraction of sp³-hybridized carbons (Fsp3) is 0.857. The van der Waals surface area contributed by atoms with Gasteiger partial charge in [-0.1, -0.05) is 25.9 Å². The molecule has 2 rings (SSSR count). The Morgan fingerprint density at radius 2 is 2.32 bits per heavy atom. The van der Waals surface area contributed by atoms with Gasteiger partial charge in [0.2, 0.25) is 5.89 Å². The highest BCUT2D eigenvalue weighted by molar-refractivity contribution is 4.88. The molecule has 1 N–H and O–H groups in total. The van der Waals surface area contributed by atoms with Gasteiger partial charge in [-0.15, -0.1) is 0 Å². The summed E-state index contributed by atoms with van der Waals surface area (Å²) in [6.07, 6.45) is 3.46. The third kappa shape index (κ3) is 4.58. The first-order valence-corrected chi connectivity index (χ1v) is 7.44. The normalized spacial score (nSPS) is 19.7. The van der Waals surface area contributed by atoms with Crippen molar-refractivity contribution in [1.29, 1.82) is 0 Å². The van der Waals surface area contributed by atoms with Gasteiger partial charge in [-0.3, -0.25) is 4.90 Å². The molecule has 108 valence electrons. The molecule has 1 atom stereocenters. The molecule has 1 saturated heterocycles. The van der Waals surface area contributed by atoms with Crippen LogP contribution in [0.5, 0.6) is 0 Å². The molecule has 0 aromatic carbocycles. The molecule has 5 heteroatoms. The van der Waals surface area contributed by atoms with E-state index in [1.165, 1.54) is 12.8 Å². The molecule has 0 bridgehead atoms. The van der Waals surface area contributed by atoms with Gasteiger partial charge >= 0.3 is 0 Å². The molecule has 1 aliphatic heterocycles. The number of likely N-dealkylation sites (N-methyl/N-ethyl adjacent to an activating group) is 1. The van der Waals surface area contributed by atoms with Crippen LogP contribution in [0.4, 0.5) is 0 Å². The summed E-state index contributed by atoms with van der Waals surface area (Å²) >= 11 is 0. The third-order valence-corrected chi connectivity index (χ3v) is 3.55. The van der Waals surface area contributed by atoms with Crippen LogP contribution < -0.4 is 5.32 Å². The molecule has 1 aromatic rings. The zero-order valence-corrected chi connectivity index (χ0v) is 12.4. The maximum absolute atomic E-state index is 5.34. The van der Waals surface area contributed by atoms with Crippen LogP contribution in [0.2, 0.25) is 0 Å². The summed E-state index contributed by atoms with van der Waals surface area (Å²) in [5, 5.41) is 7.58. The summed E-state index contributed by atoms with van der Waals surface area (Å²) in [4.78, 5) is 6.84. The van der Waals surface area contributed by atoms with E-state index >= 15 is 0 Å². The Morgan fingerprint density at radius 1 is 1.47 bits per heavy atom. The highest BCUT2D eigenvalue weighted by Crippen LogP contribution is 2.10. The number of hydrogen-bond donors (Lipinski definition) is 1. The van der Waals surface area contributed by atoms with Crippen LogP contribution in [0, 0.1) is 5.92 Å². The number of nitrogens with zero attached hydrogens (tertiary/aromatic N) is 3. The van der Waals surface area contributed by atoms with Crippen molar-refractivity contribution in [3.8, 4) is 0 Å². The summed E-state index contributed by atoms with van der Waals surface area (Å²) in [6, 6.07) is 0.623. The molecule has 0 radical (unpaired) electrons. The van der Waals surface area contributed by atoms with Crippen LogP contribution in [0.3, 0.4) is 0 Å². The van der Waals surface area contributed by atoms with Crippen molar-refractivity contribution in [2.75, 3.05) is 19.6 Å². The quantitative estimate of drug-likeness (QED) is 0.816. The van der Waals surface area contributed by atoms with Gasteiger partial charge in [-0.2, -0.15) is 4.98 Å². The monoisotopic (exact) mass is 266 g/mol. The summed E-state index contributed by atoms with van der Waals surface area (Å²) in [5.41, 5.74) is 0. The predicted molar refractivity (Wildman–Crippen MR) is 74.8 cm³/mol. The van der Waals surface area contributed by atoms with Crippen LogP contribution in [-0.2, 0) is 13.0 Å². The highest BCUT2D eigenvalue weighted by Gasteiger charge is 2.19. The second-order valence-corrected chi connectivity index (χ2v) is 5.82. The number of hydrogen-bond acceptors (Lipinski definition) is 5. The predicted octanol–water partition coefficient (Wildman–Crippen LogP) is 1.84. The van der Waals surface area contributed by atoms with E-state index < -0.39 is 0 Å². The summed E-state index contributed by atoms with van der Waals surface area (Å²) in [7, 11) is 0. The fourth-order valence-electron chi connectivity index (χ4n) is 2.52. The average molecular weight is 266 g/mol. The van der Waals surface area contributed by atoms with Crippen molar-refractivity contribution < 1.29 is 4.52 Å². The molecule has 1 aliphatic rings. The van der Waals surface area contributed by atoms with Gasteiger partial charge < -0.3 is 9.84 Å². The van der Waals surface area contributed by atoms with Gasteiger partial charge in [0.15, 0.2) is 5.82 Å². The number of nitrogens with one attached hydrogen (secondary N) is 1. The first kappa shape index (κ1) is 14.5. The lowest BCUT2D eigenvalue weighted by Crippen LogP contribution is -2.37. The van der Waals surface area contributed by atoms with E-state index in [4.69, 9.17) is 4.52 Å². The molecule has 0 amide bonds. The molecule has 1 unspecified atom stereocenters. The van der Waals surface area contributed by atoms with Crippen LogP contribution in [0.15, 0.2) is 4.52 Å². The minimum absolute atomic E-state index is 0.565. The van der Waals surface area contributed by atoms with Gasteiger partial charge in [0, 0.05) is 19.0 Å². The van der Waals surface area contributed by atoms with Crippen molar-refractivity contribution >= 4 is 0 Å². The zero-order chi connectivity index (χ0) is 13.7. The molecular formula is C14H26N4O. The lowest BCUT2D eigenvalue weighted by Gasteiger charge is -2.22. The molecule has 2 heterocycles. The summed E-state index contributed by atoms with van der Waals surface area (Å²) in [5.74, 6) is 2.14. The second-order valence-electron chi connectivity index (χ2n) is 5.82. The minimum Gasteiger partial charge on any atom is -0.338 e. The van der Waals surface area contributed by atoms with Gasteiger partial charge in [0.25, 0.3) is 0 Å². The number of aromatic nitrogens is 2. The Morgan fingerprint density at radius 3 is 2.95 bits per heavy atom. The van der Waals surface area contributed by atoms with E-state index in [2.05, 4.69) is 41.1 Å². The maximum Gasteiger partial charge on any atom is 0.240 e. The van der Waals surface area contributed by atoms with Crippen LogP contribution >= 0.6 is 0 Å². The maximum atomic E-state index is 5.34. The SMILES string of the molecule is CCN(Cc1nc(CC(C)C)no1)CC1CCCN1. The van der Waals surface area contributed by atoms with E-state index in [-0.39, 0.29) is 0 Å². The molecule has 1 aromatic heterocycles. The Bertz CT molecular complexity index is 371. The first-order valence-electron chi connectivity index (χ1n) is 7.44. The van der Waals surface area contributed by atoms with Crippen molar-refractivity contribution in [3.63, 3.8) is 0 Å². The smallest absolute Gasteiger partial charge is 0.240 e. The summed E-state index contributed by atoms with van der Waals surface area (Å²) < 4.78 is 5.34. The Hall–Kier alpha value is -0.940. The van der Waals surface area contributed by atoms with Crippen molar-refractivity contribution in [1.82, 2.24) is 20.4 Å². The van der Waals surface area contributed by atoms with Gasteiger partial charge in [-0.05, 0) is 31.8 Å². The van der Waals surface area contributed by atoms with Crippen molar-refractivity contribution in [2.45, 2.75) is 52.6 Å². The third-order valence-electron chi connectivity index (χ3n) is 3.55. The minimum atomic E-state index is 0.565. The molecule has 1 fully saturated rings. The Kier molecular flexibility index (Phi) is 5.34. The molecule has 0 saturated carbocycles. The molecular weight excluding hydrogens is 240 g/mol. The molecule has 0 spiro atoms. The summed E-state index contributed by atoms with van der Waals surface area (Å²) in [6.45, 7) is 10.5. The van der Waals surface area contributed by atoms with Crippen molar-refractivity contribution in [2.24, 2.45) is 5.92 Å². The van der Waals surface area contributed by atoms with E-state index in [1.54, 1.807) is 0 Å². The first-order chi connectivity index (χ1) is 9.17. The Labute approximate surface area is 115 Å². The fourth-order valence-corrected chi connectivity index (χ4v) is 2.52. The van der Waals surface area contributed by atoms with E-state index in [0.717, 1.165) is 44.3 Å². The highest BCUT2D eigenvalue weighted by atomic mass is 16.5. The second kappa shape index (κ2) is 7.01. The van der Waals surface area contributed by atoms with Crippen molar-refractivity contribution in [3.05, 3.63) is 11.7 Å². The molecule has 19 heavy (non-hydrogen) atoms. The Balaban J connectivity index is 1.84. The lowest BCUT2D eigenvalue weighted by atomic mass is 10.1. The lowest BCUT2D eigenvalue weighted by molar-refractivity contribution is 0.218. The average Bonchev–Trinajstić information content (AvgIpc) is 3.00. The number of rotatable bonds is 7. The molecule has 0 aliphatic carbocycles.